The third kappa shape index (κ3) is 6.37. The molecule has 0 saturated heterocycles. The highest BCUT2D eigenvalue weighted by Crippen LogP contribution is 2.26. The molecule has 0 aromatic heterocycles. The number of benzene rings is 1. The van der Waals surface area contributed by atoms with Crippen LogP contribution in [-0.2, 0) is 4.79 Å². The Hall–Kier alpha value is -2.38. The summed E-state index contributed by atoms with van der Waals surface area (Å²) in [6.07, 6.45) is 1.81. The van der Waals surface area contributed by atoms with Crippen molar-refractivity contribution < 1.29 is 32.7 Å². The number of nitrogens with zero attached hydrogens (tertiary/aromatic N) is 1. The number of carboxylic acids is 1. The number of alkyl halides is 3. The monoisotopic (exact) mass is 387 g/mol. The van der Waals surface area contributed by atoms with Gasteiger partial charge in [-0.1, -0.05) is 51.2 Å². The van der Waals surface area contributed by atoms with Gasteiger partial charge >= 0.3 is 12.1 Å². The van der Waals surface area contributed by atoms with E-state index in [1.165, 1.54) is 30.6 Å². The number of carbonyl (C=O) groups excluding carboxylic acids is 2. The standard InChI is InChI=1S/C17H23NO2.C2HF3O2/c1-3-4-5-6-7-10-13(2)18-16(19)14-11-8-9-12-15(14)17(18)20;3-2(4,5)1(6)7/h8-9,11-13H,3-7,10H2,1-2H3;(H,6,7). The zero-order valence-electron chi connectivity index (χ0n) is 15.4. The highest BCUT2D eigenvalue weighted by Gasteiger charge is 2.38. The highest BCUT2D eigenvalue weighted by atomic mass is 19.4. The zero-order chi connectivity index (χ0) is 20.6. The van der Waals surface area contributed by atoms with Crippen LogP contribution in [0.4, 0.5) is 13.2 Å². The van der Waals surface area contributed by atoms with Crippen LogP contribution in [0, 0.1) is 0 Å². The van der Waals surface area contributed by atoms with Crippen molar-refractivity contribution in [3.63, 3.8) is 0 Å². The van der Waals surface area contributed by atoms with Crippen molar-refractivity contribution in [3.8, 4) is 0 Å². The number of carboxylic acid groups (broad SMARTS) is 1. The van der Waals surface area contributed by atoms with Crippen molar-refractivity contribution in [2.45, 2.75) is 64.6 Å². The summed E-state index contributed by atoms with van der Waals surface area (Å²) in [5.74, 6) is -3.02. The van der Waals surface area contributed by atoms with Crippen molar-refractivity contribution >= 4 is 17.8 Å². The quantitative estimate of drug-likeness (QED) is 0.545. The molecule has 1 aromatic rings. The van der Waals surface area contributed by atoms with Crippen LogP contribution >= 0.6 is 0 Å². The molecule has 1 N–H and O–H groups in total. The van der Waals surface area contributed by atoms with Gasteiger partial charge in [-0.15, -0.1) is 0 Å². The summed E-state index contributed by atoms with van der Waals surface area (Å²) in [5, 5.41) is 7.12. The van der Waals surface area contributed by atoms with Crippen LogP contribution in [0.1, 0.15) is 73.1 Å². The first-order valence-electron chi connectivity index (χ1n) is 8.88. The van der Waals surface area contributed by atoms with Crippen molar-refractivity contribution in [1.82, 2.24) is 4.90 Å². The van der Waals surface area contributed by atoms with Gasteiger partial charge in [0, 0.05) is 6.04 Å². The number of rotatable bonds is 7. The molecule has 1 aromatic carbocycles. The predicted octanol–water partition coefficient (Wildman–Crippen LogP) is 4.66. The normalized spacial score (nSPS) is 14.5. The predicted molar refractivity (Wildman–Crippen MR) is 93.5 cm³/mol. The Morgan fingerprint density at radius 3 is 1.89 bits per heavy atom. The number of hydrogen-bond donors (Lipinski definition) is 1. The molecule has 1 aliphatic heterocycles. The first kappa shape index (κ1) is 22.7. The van der Waals surface area contributed by atoms with E-state index in [1.54, 1.807) is 12.1 Å². The van der Waals surface area contributed by atoms with E-state index < -0.39 is 12.1 Å². The van der Waals surface area contributed by atoms with Crippen molar-refractivity contribution in [3.05, 3.63) is 35.4 Å². The minimum absolute atomic E-state index is 0.0102. The van der Waals surface area contributed by atoms with Gasteiger partial charge < -0.3 is 5.11 Å². The summed E-state index contributed by atoms with van der Waals surface area (Å²) in [5.41, 5.74) is 1.10. The van der Waals surface area contributed by atoms with E-state index in [1.807, 2.05) is 19.1 Å². The molecule has 2 rings (SSSR count). The Bertz CT molecular complexity index is 638. The lowest BCUT2D eigenvalue weighted by atomic mass is 10.1. The zero-order valence-corrected chi connectivity index (χ0v) is 15.4. The summed E-state index contributed by atoms with van der Waals surface area (Å²) in [4.78, 5) is 34.9. The second-order valence-electron chi connectivity index (χ2n) is 6.38. The van der Waals surface area contributed by atoms with Crippen LogP contribution in [0.5, 0.6) is 0 Å². The Balaban J connectivity index is 0.000000445. The van der Waals surface area contributed by atoms with Gasteiger partial charge in [-0.2, -0.15) is 13.2 Å². The number of amides is 2. The van der Waals surface area contributed by atoms with Gasteiger partial charge in [-0.3, -0.25) is 14.5 Å². The molecule has 1 aliphatic rings. The summed E-state index contributed by atoms with van der Waals surface area (Å²) >= 11 is 0. The minimum Gasteiger partial charge on any atom is -0.475 e. The third-order valence-electron chi connectivity index (χ3n) is 4.23. The van der Waals surface area contributed by atoms with Crippen LogP contribution in [0.15, 0.2) is 24.3 Å². The second kappa shape index (κ2) is 10.1. The SMILES string of the molecule is CCCCCCCC(C)N1C(=O)c2ccccc2C1=O.O=C(O)C(F)(F)F. The number of aliphatic carboxylic acids is 1. The first-order valence-corrected chi connectivity index (χ1v) is 8.88. The molecule has 2 amide bonds. The van der Waals surface area contributed by atoms with Gasteiger partial charge in [0.2, 0.25) is 0 Å². The van der Waals surface area contributed by atoms with Crippen LogP contribution in [0.2, 0.25) is 0 Å². The van der Waals surface area contributed by atoms with Crippen molar-refractivity contribution in [1.29, 1.82) is 0 Å². The number of carbonyl (C=O) groups is 3. The molecular weight excluding hydrogens is 363 g/mol. The summed E-state index contributed by atoms with van der Waals surface area (Å²) in [7, 11) is 0. The van der Waals surface area contributed by atoms with Crippen LogP contribution < -0.4 is 0 Å². The number of hydrogen-bond acceptors (Lipinski definition) is 3. The Morgan fingerprint density at radius 2 is 1.48 bits per heavy atom. The van der Waals surface area contributed by atoms with E-state index in [4.69, 9.17) is 9.90 Å². The van der Waals surface area contributed by atoms with Crippen molar-refractivity contribution in [2.24, 2.45) is 0 Å². The molecule has 8 heteroatoms. The van der Waals surface area contributed by atoms with E-state index >= 15 is 0 Å². The largest absolute Gasteiger partial charge is 0.490 e. The fourth-order valence-corrected chi connectivity index (χ4v) is 2.78. The fourth-order valence-electron chi connectivity index (χ4n) is 2.78. The first-order chi connectivity index (χ1) is 12.6. The van der Waals surface area contributed by atoms with Crippen LogP contribution in [0.3, 0.4) is 0 Å². The Labute approximate surface area is 156 Å². The molecule has 1 atom stereocenters. The van der Waals surface area contributed by atoms with E-state index in [0.29, 0.717) is 11.1 Å². The Morgan fingerprint density at radius 1 is 1.04 bits per heavy atom. The number of halogens is 3. The molecule has 0 bridgehead atoms. The molecule has 1 unspecified atom stereocenters. The third-order valence-corrected chi connectivity index (χ3v) is 4.23. The summed E-state index contributed by atoms with van der Waals surface area (Å²) in [6, 6.07) is 7.09. The lowest BCUT2D eigenvalue weighted by Gasteiger charge is -2.22. The van der Waals surface area contributed by atoms with Crippen LogP contribution in [-0.4, -0.2) is 40.0 Å². The maximum atomic E-state index is 12.3. The highest BCUT2D eigenvalue weighted by molar-refractivity contribution is 6.21. The second-order valence-corrected chi connectivity index (χ2v) is 6.38. The van der Waals surface area contributed by atoms with E-state index in [2.05, 4.69) is 6.92 Å². The molecule has 0 aliphatic carbocycles. The minimum atomic E-state index is -5.08. The molecule has 0 spiro atoms. The van der Waals surface area contributed by atoms with E-state index in [9.17, 15) is 22.8 Å². The van der Waals surface area contributed by atoms with Crippen molar-refractivity contribution in [2.75, 3.05) is 0 Å². The lowest BCUT2D eigenvalue weighted by molar-refractivity contribution is -0.192. The van der Waals surface area contributed by atoms with Gasteiger partial charge in [0.15, 0.2) is 0 Å². The average molecular weight is 387 g/mol. The summed E-state index contributed by atoms with van der Waals surface area (Å²) in [6.45, 7) is 4.17. The molecule has 0 fully saturated rings. The van der Waals surface area contributed by atoms with Gasteiger partial charge in [0.05, 0.1) is 11.1 Å². The Kier molecular flexibility index (Phi) is 8.46. The van der Waals surface area contributed by atoms with Gasteiger partial charge in [0.1, 0.15) is 0 Å². The van der Waals surface area contributed by atoms with Gasteiger partial charge in [-0.25, -0.2) is 4.79 Å². The molecule has 5 nitrogen and oxygen atoms in total. The molecule has 0 radical (unpaired) electrons. The van der Waals surface area contributed by atoms with E-state index in [0.717, 1.165) is 12.8 Å². The maximum absolute atomic E-state index is 12.3. The maximum Gasteiger partial charge on any atom is 0.490 e. The van der Waals surface area contributed by atoms with Gasteiger partial charge in [0.25, 0.3) is 11.8 Å². The topological polar surface area (TPSA) is 74.7 Å². The van der Waals surface area contributed by atoms with Gasteiger partial charge in [-0.05, 0) is 25.5 Å². The molecule has 0 saturated carbocycles. The fraction of sp³-hybridized carbons (Fsp3) is 0.526. The average Bonchev–Trinajstić information content (AvgIpc) is 2.86. The number of unbranched alkanes of at least 4 members (excludes halogenated alkanes) is 4. The van der Waals surface area contributed by atoms with Crippen LogP contribution in [0.25, 0.3) is 0 Å². The number of fused-ring (bicyclic) bond motifs is 1. The number of imide groups is 1. The molecule has 27 heavy (non-hydrogen) atoms. The smallest absolute Gasteiger partial charge is 0.475 e. The molecular formula is C19H24F3NO4. The lowest BCUT2D eigenvalue weighted by Crippen LogP contribution is -2.37. The van der Waals surface area contributed by atoms with E-state index in [-0.39, 0.29) is 17.9 Å². The molecule has 1 heterocycles. The molecule has 150 valence electrons. The summed E-state index contributed by atoms with van der Waals surface area (Å²) < 4.78 is 31.7.